The number of nitrogens with two attached hydrogens (primary N) is 6. The number of nitrogens with one attached hydrogen (secondary N) is 1. The first kappa shape index (κ1) is 39.7. The Morgan fingerprint density at radius 1 is 0.600 bits per heavy atom. The van der Waals surface area contributed by atoms with Gasteiger partial charge in [0.1, 0.15) is 17.5 Å². The molecule has 0 atom stereocenters. The molecule has 14 nitrogen and oxygen atoms in total. The number of fused-ring (bicyclic) bond motifs is 4. The van der Waals surface area contributed by atoms with Gasteiger partial charge in [0.2, 0.25) is 5.91 Å². The van der Waals surface area contributed by atoms with Crippen molar-refractivity contribution >= 4 is 84.4 Å². The van der Waals surface area contributed by atoms with E-state index in [1.54, 1.807) is 30.7 Å². The topological polar surface area (TPSA) is 259 Å². The van der Waals surface area contributed by atoms with Gasteiger partial charge in [0.15, 0.2) is 5.82 Å². The summed E-state index contributed by atoms with van der Waals surface area (Å²) in [5.41, 5.74) is 35.2. The zero-order valence-corrected chi connectivity index (χ0v) is 31.9. The van der Waals surface area contributed by atoms with Crippen LogP contribution in [0, 0.1) is 34.6 Å². The average molecular weight is 758 g/mol. The Bertz CT molecular complexity index is 2650. The molecule has 0 bridgehead atoms. The number of primary amides is 1. The number of carbonyl (C=O) groups excluding carboxylic acids is 1. The predicted octanol–water partition coefficient (Wildman–Crippen LogP) is 7.07. The summed E-state index contributed by atoms with van der Waals surface area (Å²) in [6.45, 7) is 10.00. The highest BCUT2D eigenvalue weighted by Crippen LogP contribution is 2.30. The van der Waals surface area contributed by atoms with Crippen LogP contribution in [0.5, 0.6) is 0 Å². The molecule has 0 aliphatic rings. The standard InChI is InChI=1S/C11H11N3O.C11H12N2.C10H11N3O2S.C8H9N3/c1-6-4-9-7(2-3-14-10(9)12)5-8(6)11(13)15;1-7-5-9-3-4-13-11(12)10(9)6-8(7)2;1-6-4-8-7(2-3-13-10(8)11)5-9(6)16-15-14-12;1-5-2-3-7-6(4-5)8(9)11-10-7/h2-5H,1H3,(H2,12,14)(H2,13,15);3-6H,1-2H3,(H2,12,13);2-5H,12H2,1H3,(H2,11,13);2-4H,1H3,(H3,9,10,11). The van der Waals surface area contributed by atoms with E-state index in [1.165, 1.54) is 16.7 Å². The fourth-order valence-corrected chi connectivity index (χ4v) is 6.19. The maximum Gasteiger partial charge on any atom is 0.248 e. The maximum atomic E-state index is 11.1. The van der Waals surface area contributed by atoms with Crippen molar-refractivity contribution < 1.29 is 14.1 Å². The van der Waals surface area contributed by atoms with Crippen LogP contribution < -0.4 is 34.6 Å². The first-order valence-corrected chi connectivity index (χ1v) is 17.6. The zero-order valence-electron chi connectivity index (χ0n) is 31.0. The number of aromatic nitrogens is 5. The first-order chi connectivity index (χ1) is 26.3. The lowest BCUT2D eigenvalue weighted by Crippen LogP contribution is -2.12. The van der Waals surface area contributed by atoms with Gasteiger partial charge < -0.3 is 28.7 Å². The maximum absolute atomic E-state index is 11.1. The smallest absolute Gasteiger partial charge is 0.248 e. The molecule has 0 spiro atoms. The molecule has 1 amide bonds. The molecule has 0 radical (unpaired) electrons. The van der Waals surface area contributed by atoms with Crippen molar-refractivity contribution in [3.05, 3.63) is 125 Å². The summed E-state index contributed by atoms with van der Waals surface area (Å²) in [5.74, 6) is 6.53. The third-order valence-electron chi connectivity index (χ3n) is 8.82. The average Bonchev–Trinajstić information content (AvgIpc) is 3.52. The molecule has 0 aliphatic heterocycles. The molecule has 8 aromatic rings. The largest absolute Gasteiger partial charge is 0.383 e. The van der Waals surface area contributed by atoms with E-state index in [0.717, 1.165) is 71.3 Å². The van der Waals surface area contributed by atoms with Crippen LogP contribution in [0.15, 0.2) is 96.3 Å². The van der Waals surface area contributed by atoms with Crippen LogP contribution in [-0.4, -0.2) is 31.1 Å². The summed E-state index contributed by atoms with van der Waals surface area (Å²) in [6, 6.07) is 23.4. The highest BCUT2D eigenvalue weighted by atomic mass is 32.2. The second kappa shape index (κ2) is 17.5. The number of hydrogen-bond donors (Lipinski definition) is 7. The predicted molar refractivity (Wildman–Crippen MR) is 223 cm³/mol. The number of nitrogens with zero attached hydrogens (tertiary/aromatic N) is 4. The van der Waals surface area contributed by atoms with Crippen molar-refractivity contribution in [2.75, 3.05) is 22.9 Å². The summed E-state index contributed by atoms with van der Waals surface area (Å²) in [5, 5.41) is 13.6. The second-order valence-electron chi connectivity index (χ2n) is 12.7. The third kappa shape index (κ3) is 9.54. The van der Waals surface area contributed by atoms with E-state index in [0.29, 0.717) is 28.8 Å². The van der Waals surface area contributed by atoms with Crippen LogP contribution in [0.3, 0.4) is 0 Å². The van der Waals surface area contributed by atoms with Crippen molar-refractivity contribution in [3.63, 3.8) is 0 Å². The van der Waals surface area contributed by atoms with Crippen molar-refractivity contribution in [2.24, 2.45) is 11.6 Å². The van der Waals surface area contributed by atoms with Crippen LogP contribution in [0.25, 0.3) is 43.2 Å². The molecule has 4 heterocycles. The Hall–Kier alpha value is -6.52. The summed E-state index contributed by atoms with van der Waals surface area (Å²) in [6.07, 6.45) is 5.02. The number of pyridine rings is 3. The number of hydrogen-bond acceptors (Lipinski definition) is 13. The molecule has 0 saturated heterocycles. The van der Waals surface area contributed by atoms with E-state index < -0.39 is 5.91 Å². The highest BCUT2D eigenvalue weighted by Gasteiger charge is 2.09. The minimum Gasteiger partial charge on any atom is -0.383 e. The molecule has 0 aliphatic carbocycles. The van der Waals surface area contributed by atoms with Gasteiger partial charge >= 0.3 is 0 Å². The van der Waals surface area contributed by atoms with Gasteiger partial charge in [-0.15, -0.1) is 9.32 Å². The summed E-state index contributed by atoms with van der Waals surface area (Å²) in [4.78, 5) is 28.2. The minimum atomic E-state index is -0.426. The summed E-state index contributed by atoms with van der Waals surface area (Å²) < 4.78 is 4.63. The summed E-state index contributed by atoms with van der Waals surface area (Å²) in [7, 11) is 0. The van der Waals surface area contributed by atoms with E-state index in [2.05, 4.69) is 60.5 Å². The molecule has 0 saturated carbocycles. The van der Waals surface area contributed by atoms with E-state index >= 15 is 0 Å². The van der Waals surface area contributed by atoms with Gasteiger partial charge in [0, 0.05) is 50.6 Å². The molecule has 8 rings (SSSR count). The quantitative estimate of drug-likeness (QED) is 0.0539. The lowest BCUT2D eigenvalue weighted by Gasteiger charge is -2.07. The van der Waals surface area contributed by atoms with Crippen LogP contribution in [0.2, 0.25) is 0 Å². The number of H-pyrrole nitrogens is 1. The van der Waals surface area contributed by atoms with Gasteiger partial charge in [0.05, 0.1) is 17.6 Å². The molecule has 0 unspecified atom stereocenters. The summed E-state index contributed by atoms with van der Waals surface area (Å²) >= 11 is 1.06. The third-order valence-corrected chi connectivity index (χ3v) is 9.58. The molecular formula is C40H43N11O3S. The molecular weight excluding hydrogens is 715 g/mol. The van der Waals surface area contributed by atoms with Crippen molar-refractivity contribution in [1.29, 1.82) is 0 Å². The number of benzene rings is 4. The lowest BCUT2D eigenvalue weighted by atomic mass is 10.0. The number of anilines is 4. The molecule has 15 heteroatoms. The Labute approximate surface area is 321 Å². The van der Waals surface area contributed by atoms with Crippen LogP contribution in [0.4, 0.5) is 23.3 Å². The fraction of sp³-hybridized carbons (Fsp3) is 0.125. The van der Waals surface area contributed by atoms with Gasteiger partial charge in [0.25, 0.3) is 0 Å². The van der Waals surface area contributed by atoms with Gasteiger partial charge in [-0.05, 0) is 134 Å². The molecule has 4 aromatic heterocycles. The number of amides is 1. The lowest BCUT2D eigenvalue weighted by molar-refractivity contribution is -0.195. The monoisotopic (exact) mass is 757 g/mol. The van der Waals surface area contributed by atoms with Gasteiger partial charge in [-0.1, -0.05) is 17.7 Å². The Balaban J connectivity index is 0.000000142. The van der Waals surface area contributed by atoms with E-state index in [4.69, 9.17) is 34.6 Å². The molecule has 0 fully saturated rings. The molecule has 13 N–H and O–H groups in total. The number of aryl methyl sites for hydroxylation is 5. The normalized spacial score (nSPS) is 10.7. The van der Waals surface area contributed by atoms with Crippen molar-refractivity contribution in [3.8, 4) is 0 Å². The van der Waals surface area contributed by atoms with Crippen LogP contribution in [0.1, 0.15) is 38.2 Å². The van der Waals surface area contributed by atoms with E-state index in [9.17, 15) is 4.79 Å². The number of nitrogen functional groups attached to an aromatic ring is 4. The Morgan fingerprint density at radius 2 is 1.11 bits per heavy atom. The van der Waals surface area contributed by atoms with Gasteiger partial charge in [-0.3, -0.25) is 9.89 Å². The molecule has 55 heavy (non-hydrogen) atoms. The fourth-order valence-electron chi connectivity index (χ4n) is 5.71. The minimum absolute atomic E-state index is 0.426. The van der Waals surface area contributed by atoms with Gasteiger partial charge in [-0.2, -0.15) is 11.0 Å². The van der Waals surface area contributed by atoms with Crippen LogP contribution in [-0.2, 0) is 9.32 Å². The SMILES string of the molecule is Cc1cc2c(N)nccc2cc1C(N)=O.Cc1cc2c(N)nccc2cc1SOON.Cc1cc2ccnc(N)c2cc1C.Cc1ccc2[nH]nc(N)c2c1. The zero-order chi connectivity index (χ0) is 39.8. The van der Waals surface area contributed by atoms with Crippen LogP contribution >= 0.6 is 12.0 Å². The number of aromatic amines is 1. The molecule has 282 valence electrons. The number of carbonyl (C=O) groups is 1. The first-order valence-electron chi connectivity index (χ1n) is 16.9. The van der Waals surface area contributed by atoms with Crippen molar-refractivity contribution in [1.82, 2.24) is 25.1 Å². The Morgan fingerprint density at radius 3 is 1.67 bits per heavy atom. The Kier molecular flexibility index (Phi) is 12.7. The molecule has 4 aromatic carbocycles. The van der Waals surface area contributed by atoms with Gasteiger partial charge in [-0.25, -0.2) is 15.0 Å². The van der Waals surface area contributed by atoms with E-state index in [-0.39, 0.29) is 0 Å². The number of rotatable bonds is 4. The van der Waals surface area contributed by atoms with Crippen molar-refractivity contribution in [2.45, 2.75) is 39.5 Å². The highest BCUT2D eigenvalue weighted by molar-refractivity contribution is 7.94. The second-order valence-corrected chi connectivity index (χ2v) is 13.5. The van der Waals surface area contributed by atoms with E-state index in [1.807, 2.05) is 69.3 Å².